The van der Waals surface area contributed by atoms with Gasteiger partial charge in [0.1, 0.15) is 17.1 Å². The summed E-state index contributed by atoms with van der Waals surface area (Å²) in [5.74, 6) is 2.55. The first-order valence-electron chi connectivity index (χ1n) is 6.47. The lowest BCUT2D eigenvalue weighted by Gasteiger charge is -1.98. The molecular formula is C15H16N2O2. The highest BCUT2D eigenvalue weighted by atomic mass is 16.4. The Morgan fingerprint density at radius 1 is 1.11 bits per heavy atom. The summed E-state index contributed by atoms with van der Waals surface area (Å²) in [7, 11) is 0. The number of nitrogens with one attached hydrogen (secondary N) is 1. The van der Waals surface area contributed by atoms with Crippen LogP contribution < -0.4 is 5.32 Å². The summed E-state index contributed by atoms with van der Waals surface area (Å²) >= 11 is 0. The second kappa shape index (κ2) is 5.28. The maximum absolute atomic E-state index is 5.72. The van der Waals surface area contributed by atoms with Crippen LogP contribution in [-0.4, -0.2) is 4.98 Å². The number of rotatable bonds is 5. The van der Waals surface area contributed by atoms with E-state index in [-0.39, 0.29) is 0 Å². The topological polar surface area (TPSA) is 51.2 Å². The molecule has 4 nitrogen and oxygen atoms in total. The number of oxazole rings is 1. The highest BCUT2D eigenvalue weighted by Crippen LogP contribution is 2.18. The number of aromatic nitrogens is 1. The number of hydrogen-bond donors (Lipinski definition) is 1. The molecule has 1 N–H and O–H groups in total. The molecular weight excluding hydrogens is 240 g/mol. The quantitative estimate of drug-likeness (QED) is 0.761. The minimum absolute atomic E-state index is 0.608. The van der Waals surface area contributed by atoms with Crippen LogP contribution in [0.3, 0.4) is 0 Å². The predicted molar refractivity (Wildman–Crippen MR) is 72.6 cm³/mol. The molecule has 1 aromatic carbocycles. The highest BCUT2D eigenvalue weighted by Gasteiger charge is 2.04. The Morgan fingerprint density at radius 3 is 2.79 bits per heavy atom. The molecule has 0 saturated carbocycles. The predicted octanol–water partition coefficient (Wildman–Crippen LogP) is 3.27. The van der Waals surface area contributed by atoms with Crippen molar-refractivity contribution in [3.63, 3.8) is 0 Å². The molecule has 0 unspecified atom stereocenters. The van der Waals surface area contributed by atoms with E-state index in [1.807, 2.05) is 31.2 Å². The molecule has 3 rings (SSSR count). The smallest absolute Gasteiger partial charge is 0.208 e. The number of para-hydroxylation sites is 1. The second-order valence-corrected chi connectivity index (χ2v) is 4.43. The van der Waals surface area contributed by atoms with E-state index in [1.165, 1.54) is 0 Å². The van der Waals surface area contributed by atoms with Crippen molar-refractivity contribution in [1.29, 1.82) is 0 Å². The van der Waals surface area contributed by atoms with Gasteiger partial charge in [-0.05, 0) is 12.1 Å². The average molecular weight is 256 g/mol. The van der Waals surface area contributed by atoms with Crippen LogP contribution >= 0.6 is 0 Å². The minimum Gasteiger partial charge on any atom is -0.460 e. The fourth-order valence-electron chi connectivity index (χ4n) is 2.01. The van der Waals surface area contributed by atoms with Crippen molar-refractivity contribution in [2.24, 2.45) is 0 Å². The molecule has 0 aliphatic rings. The monoisotopic (exact) mass is 256 g/mol. The Kier molecular flexibility index (Phi) is 3.33. The van der Waals surface area contributed by atoms with Gasteiger partial charge in [0, 0.05) is 11.8 Å². The standard InChI is InChI=1S/C15H16N2O2/c1-2-12-9-17-15(19-12)10-16-8-13-7-11-5-3-4-6-14(11)18-13/h3-7,9,16H,2,8,10H2,1H3. The molecule has 2 heterocycles. The van der Waals surface area contributed by atoms with Crippen LogP contribution in [0.1, 0.15) is 24.3 Å². The van der Waals surface area contributed by atoms with E-state index in [9.17, 15) is 0 Å². The molecule has 0 spiro atoms. The first kappa shape index (κ1) is 12.0. The van der Waals surface area contributed by atoms with Gasteiger partial charge >= 0.3 is 0 Å². The molecule has 3 aromatic rings. The lowest BCUT2D eigenvalue weighted by Crippen LogP contribution is -2.12. The summed E-state index contributed by atoms with van der Waals surface area (Å²) in [6.45, 7) is 3.32. The van der Waals surface area contributed by atoms with E-state index in [4.69, 9.17) is 8.83 Å². The summed E-state index contributed by atoms with van der Waals surface area (Å²) in [6.07, 6.45) is 2.65. The van der Waals surface area contributed by atoms with Crippen molar-refractivity contribution in [1.82, 2.24) is 10.3 Å². The van der Waals surface area contributed by atoms with Gasteiger partial charge in [-0.15, -0.1) is 0 Å². The summed E-state index contributed by atoms with van der Waals surface area (Å²) in [5.41, 5.74) is 0.920. The Hall–Kier alpha value is -2.07. The third kappa shape index (κ3) is 2.69. The Balaban J connectivity index is 1.59. The molecule has 98 valence electrons. The molecule has 0 aliphatic heterocycles. The van der Waals surface area contributed by atoms with Crippen LogP contribution in [0, 0.1) is 0 Å². The fourth-order valence-corrected chi connectivity index (χ4v) is 2.01. The molecule has 0 aliphatic carbocycles. The minimum atomic E-state index is 0.608. The van der Waals surface area contributed by atoms with Crippen molar-refractivity contribution in [2.45, 2.75) is 26.4 Å². The van der Waals surface area contributed by atoms with Crippen molar-refractivity contribution in [2.75, 3.05) is 0 Å². The first-order chi connectivity index (χ1) is 9.35. The molecule has 0 bridgehead atoms. The summed E-state index contributed by atoms with van der Waals surface area (Å²) in [6, 6.07) is 10.1. The van der Waals surface area contributed by atoms with Gasteiger partial charge in [-0.1, -0.05) is 25.1 Å². The molecule has 2 aromatic heterocycles. The van der Waals surface area contributed by atoms with Crippen molar-refractivity contribution in [3.8, 4) is 0 Å². The van der Waals surface area contributed by atoms with Crippen molar-refractivity contribution in [3.05, 3.63) is 53.9 Å². The third-order valence-corrected chi connectivity index (χ3v) is 3.00. The van der Waals surface area contributed by atoms with E-state index in [0.717, 1.165) is 28.9 Å². The van der Waals surface area contributed by atoms with Gasteiger partial charge in [0.25, 0.3) is 0 Å². The zero-order valence-electron chi connectivity index (χ0n) is 10.8. The molecule has 0 amide bonds. The number of nitrogens with zero attached hydrogens (tertiary/aromatic N) is 1. The molecule has 0 atom stereocenters. The Labute approximate surface area is 111 Å². The second-order valence-electron chi connectivity index (χ2n) is 4.43. The average Bonchev–Trinajstić information content (AvgIpc) is 3.04. The zero-order valence-corrected chi connectivity index (χ0v) is 10.8. The Bertz CT molecular complexity index is 636. The van der Waals surface area contributed by atoms with Gasteiger partial charge in [0.15, 0.2) is 0 Å². The third-order valence-electron chi connectivity index (χ3n) is 3.00. The first-order valence-corrected chi connectivity index (χ1v) is 6.47. The molecule has 0 radical (unpaired) electrons. The maximum atomic E-state index is 5.72. The molecule has 0 saturated heterocycles. The number of benzene rings is 1. The van der Waals surface area contributed by atoms with Crippen LogP contribution in [0.2, 0.25) is 0 Å². The number of furan rings is 1. The van der Waals surface area contributed by atoms with E-state index >= 15 is 0 Å². The normalized spacial score (nSPS) is 11.2. The molecule has 4 heteroatoms. The summed E-state index contributed by atoms with van der Waals surface area (Å²) in [5, 5.41) is 4.39. The van der Waals surface area contributed by atoms with Crippen LogP contribution in [0.5, 0.6) is 0 Å². The van der Waals surface area contributed by atoms with Crippen molar-refractivity contribution < 1.29 is 8.83 Å². The van der Waals surface area contributed by atoms with Gasteiger partial charge in [-0.2, -0.15) is 0 Å². The van der Waals surface area contributed by atoms with Gasteiger partial charge in [-0.25, -0.2) is 4.98 Å². The maximum Gasteiger partial charge on any atom is 0.208 e. The SMILES string of the molecule is CCc1cnc(CNCc2cc3ccccc3o2)o1. The Morgan fingerprint density at radius 2 is 2.00 bits per heavy atom. The highest BCUT2D eigenvalue weighted by molar-refractivity contribution is 5.77. The molecule has 0 fully saturated rings. The largest absolute Gasteiger partial charge is 0.460 e. The van der Waals surface area contributed by atoms with Gasteiger partial charge in [0.05, 0.1) is 19.3 Å². The van der Waals surface area contributed by atoms with Gasteiger partial charge in [-0.3, -0.25) is 0 Å². The van der Waals surface area contributed by atoms with Gasteiger partial charge < -0.3 is 14.2 Å². The van der Waals surface area contributed by atoms with E-state index in [1.54, 1.807) is 6.20 Å². The van der Waals surface area contributed by atoms with E-state index in [2.05, 4.69) is 16.4 Å². The molecule has 19 heavy (non-hydrogen) atoms. The summed E-state index contributed by atoms with van der Waals surface area (Å²) in [4.78, 5) is 4.20. The zero-order chi connectivity index (χ0) is 13.1. The lowest BCUT2D eigenvalue weighted by molar-refractivity contribution is 0.428. The van der Waals surface area contributed by atoms with Crippen molar-refractivity contribution >= 4 is 11.0 Å². The van der Waals surface area contributed by atoms with Crippen LogP contribution in [0.25, 0.3) is 11.0 Å². The number of fused-ring (bicyclic) bond motifs is 1. The van der Waals surface area contributed by atoms with E-state index < -0.39 is 0 Å². The number of hydrogen-bond acceptors (Lipinski definition) is 4. The van der Waals surface area contributed by atoms with E-state index in [0.29, 0.717) is 19.0 Å². The summed E-state index contributed by atoms with van der Waals surface area (Å²) < 4.78 is 11.2. The lowest BCUT2D eigenvalue weighted by atomic mass is 10.2. The van der Waals surface area contributed by atoms with Crippen LogP contribution in [0.15, 0.2) is 45.4 Å². The number of aryl methyl sites for hydroxylation is 1. The van der Waals surface area contributed by atoms with Gasteiger partial charge in [0.2, 0.25) is 5.89 Å². The van der Waals surface area contributed by atoms with Crippen LogP contribution in [0.4, 0.5) is 0 Å². The van der Waals surface area contributed by atoms with Crippen LogP contribution in [-0.2, 0) is 19.5 Å². The fraction of sp³-hybridized carbons (Fsp3) is 0.267.